The normalized spacial score (nSPS) is 32.1. The molecule has 0 amide bonds. The molecular weight excluding hydrogens is 166 g/mol. The Morgan fingerprint density at radius 2 is 1.77 bits per heavy atom. The van der Waals surface area contributed by atoms with Gasteiger partial charge in [0.05, 0.1) is 17.8 Å². The van der Waals surface area contributed by atoms with Crippen molar-refractivity contribution in [2.45, 2.75) is 45.5 Å². The maximum absolute atomic E-state index is 9.66. The highest BCUT2D eigenvalue weighted by molar-refractivity contribution is 4.78. The Morgan fingerprint density at radius 3 is 2.15 bits per heavy atom. The van der Waals surface area contributed by atoms with Gasteiger partial charge in [0.2, 0.25) is 0 Å². The van der Waals surface area contributed by atoms with Crippen LogP contribution >= 0.6 is 0 Å². The fourth-order valence-electron chi connectivity index (χ4n) is 1.96. The fraction of sp³-hybridized carbons (Fsp3) is 1.00. The minimum Gasteiger partial charge on any atom is -0.389 e. The Kier molecular flexibility index (Phi) is 3.33. The van der Waals surface area contributed by atoms with Crippen molar-refractivity contribution in [1.82, 2.24) is 4.90 Å². The van der Waals surface area contributed by atoms with Crippen molar-refractivity contribution in [2.24, 2.45) is 0 Å². The van der Waals surface area contributed by atoms with Crippen molar-refractivity contribution >= 4 is 0 Å². The van der Waals surface area contributed by atoms with E-state index in [-0.39, 0.29) is 12.2 Å². The topological polar surface area (TPSA) is 32.7 Å². The number of morpholine rings is 1. The average molecular weight is 187 g/mol. The molecule has 1 aliphatic heterocycles. The number of nitrogens with zero attached hydrogens (tertiary/aromatic N) is 1. The molecule has 0 saturated carbocycles. The monoisotopic (exact) mass is 187 g/mol. The van der Waals surface area contributed by atoms with Gasteiger partial charge >= 0.3 is 0 Å². The predicted molar refractivity (Wildman–Crippen MR) is 52.7 cm³/mol. The second-order valence-corrected chi connectivity index (χ2v) is 4.76. The molecule has 0 aliphatic carbocycles. The number of hydrogen-bond donors (Lipinski definition) is 1. The smallest absolute Gasteiger partial charge is 0.0718 e. The lowest BCUT2D eigenvalue weighted by molar-refractivity contribution is -0.0858. The molecule has 2 atom stereocenters. The van der Waals surface area contributed by atoms with Crippen LogP contribution in [-0.2, 0) is 4.74 Å². The highest BCUT2D eigenvalue weighted by Crippen LogP contribution is 2.13. The zero-order valence-corrected chi connectivity index (χ0v) is 9.08. The molecule has 1 heterocycles. The highest BCUT2D eigenvalue weighted by atomic mass is 16.5. The van der Waals surface area contributed by atoms with E-state index < -0.39 is 5.60 Å². The summed E-state index contributed by atoms with van der Waals surface area (Å²) in [5.41, 5.74) is -0.600. The van der Waals surface area contributed by atoms with Gasteiger partial charge in [-0.2, -0.15) is 0 Å². The molecule has 3 heteroatoms. The molecule has 13 heavy (non-hydrogen) atoms. The van der Waals surface area contributed by atoms with Crippen LogP contribution in [0.3, 0.4) is 0 Å². The molecule has 0 spiro atoms. The Hall–Kier alpha value is -0.120. The minimum absolute atomic E-state index is 0.283. The summed E-state index contributed by atoms with van der Waals surface area (Å²) < 4.78 is 5.61. The van der Waals surface area contributed by atoms with Gasteiger partial charge in [-0.25, -0.2) is 0 Å². The van der Waals surface area contributed by atoms with E-state index in [9.17, 15) is 5.11 Å². The van der Waals surface area contributed by atoms with E-state index in [1.54, 1.807) is 0 Å². The Morgan fingerprint density at radius 1 is 1.31 bits per heavy atom. The van der Waals surface area contributed by atoms with Gasteiger partial charge in [-0.15, -0.1) is 0 Å². The average Bonchev–Trinajstić information content (AvgIpc) is 1.78. The van der Waals surface area contributed by atoms with Crippen LogP contribution in [0, 0.1) is 0 Å². The van der Waals surface area contributed by atoms with Crippen molar-refractivity contribution in [1.29, 1.82) is 0 Å². The van der Waals surface area contributed by atoms with Crippen molar-refractivity contribution < 1.29 is 9.84 Å². The van der Waals surface area contributed by atoms with Gasteiger partial charge in [-0.3, -0.25) is 4.90 Å². The van der Waals surface area contributed by atoms with Gasteiger partial charge < -0.3 is 9.84 Å². The van der Waals surface area contributed by atoms with Crippen LogP contribution in [-0.4, -0.2) is 47.4 Å². The summed E-state index contributed by atoms with van der Waals surface area (Å²) in [6, 6.07) is 0. The van der Waals surface area contributed by atoms with Crippen LogP contribution in [0.25, 0.3) is 0 Å². The minimum atomic E-state index is -0.600. The van der Waals surface area contributed by atoms with Crippen LogP contribution < -0.4 is 0 Å². The summed E-state index contributed by atoms with van der Waals surface area (Å²) in [4.78, 5) is 2.26. The SMILES string of the molecule is C[C@@H]1CN(CC(C)(C)O)C[C@H](C)O1. The molecule has 0 aromatic rings. The predicted octanol–water partition coefficient (Wildman–Crippen LogP) is 0.866. The molecule has 0 bridgehead atoms. The lowest BCUT2D eigenvalue weighted by atomic mass is 10.1. The molecule has 1 N–H and O–H groups in total. The van der Waals surface area contributed by atoms with Crippen molar-refractivity contribution in [3.8, 4) is 0 Å². The molecule has 1 fully saturated rings. The van der Waals surface area contributed by atoms with Gasteiger partial charge in [0.25, 0.3) is 0 Å². The lowest BCUT2D eigenvalue weighted by Crippen LogP contribution is -2.50. The molecule has 1 saturated heterocycles. The first-order valence-electron chi connectivity index (χ1n) is 4.97. The van der Waals surface area contributed by atoms with Crippen LogP contribution in [0.15, 0.2) is 0 Å². The van der Waals surface area contributed by atoms with E-state index in [0.717, 1.165) is 19.6 Å². The standard InChI is InChI=1S/C10H21NO2/c1-8-5-11(6-9(2)13-8)7-10(3,4)12/h8-9,12H,5-7H2,1-4H3/t8-,9+. The van der Waals surface area contributed by atoms with Crippen molar-refractivity contribution in [3.63, 3.8) is 0 Å². The number of ether oxygens (including phenoxy) is 1. The summed E-state index contributed by atoms with van der Waals surface area (Å²) in [5.74, 6) is 0. The number of β-amino-alcohol motifs (C(OH)–C–C–N with tert-alkyl or cyclic N) is 1. The third kappa shape index (κ3) is 4.07. The largest absolute Gasteiger partial charge is 0.389 e. The van der Waals surface area contributed by atoms with Crippen LogP contribution in [0.1, 0.15) is 27.7 Å². The van der Waals surface area contributed by atoms with E-state index >= 15 is 0 Å². The quantitative estimate of drug-likeness (QED) is 0.696. The molecular formula is C10H21NO2. The second kappa shape index (κ2) is 3.95. The van der Waals surface area contributed by atoms with Gasteiger partial charge in [0.1, 0.15) is 0 Å². The second-order valence-electron chi connectivity index (χ2n) is 4.76. The van der Waals surface area contributed by atoms with Gasteiger partial charge in [0, 0.05) is 19.6 Å². The highest BCUT2D eigenvalue weighted by Gasteiger charge is 2.26. The summed E-state index contributed by atoms with van der Waals surface area (Å²) in [5, 5.41) is 9.66. The van der Waals surface area contributed by atoms with Crippen molar-refractivity contribution in [2.75, 3.05) is 19.6 Å². The third-order valence-electron chi connectivity index (χ3n) is 2.11. The first-order chi connectivity index (χ1) is 5.87. The van der Waals surface area contributed by atoms with E-state index in [0.29, 0.717) is 0 Å². The Balaban J connectivity index is 2.42. The molecule has 0 aromatic heterocycles. The number of aliphatic hydroxyl groups is 1. The zero-order valence-electron chi connectivity index (χ0n) is 9.08. The summed E-state index contributed by atoms with van der Waals surface area (Å²) >= 11 is 0. The first-order valence-corrected chi connectivity index (χ1v) is 4.97. The van der Waals surface area contributed by atoms with Gasteiger partial charge in [0.15, 0.2) is 0 Å². The third-order valence-corrected chi connectivity index (χ3v) is 2.11. The van der Waals surface area contributed by atoms with Crippen LogP contribution in [0.5, 0.6) is 0 Å². The fourth-order valence-corrected chi connectivity index (χ4v) is 1.96. The van der Waals surface area contributed by atoms with Gasteiger partial charge in [-0.1, -0.05) is 0 Å². The zero-order chi connectivity index (χ0) is 10.1. The van der Waals surface area contributed by atoms with E-state index in [2.05, 4.69) is 18.7 Å². The molecule has 1 rings (SSSR count). The molecule has 1 aliphatic rings. The van der Waals surface area contributed by atoms with Crippen molar-refractivity contribution in [3.05, 3.63) is 0 Å². The molecule has 0 unspecified atom stereocenters. The van der Waals surface area contributed by atoms with Gasteiger partial charge in [-0.05, 0) is 27.7 Å². The van der Waals surface area contributed by atoms with E-state index in [4.69, 9.17) is 4.74 Å². The first kappa shape index (κ1) is 11.0. The Labute approximate surface area is 80.7 Å². The summed E-state index contributed by atoms with van der Waals surface area (Å²) in [6.45, 7) is 10.4. The summed E-state index contributed by atoms with van der Waals surface area (Å²) in [6.07, 6.45) is 0.567. The molecule has 0 radical (unpaired) electrons. The van der Waals surface area contributed by atoms with E-state index in [1.165, 1.54) is 0 Å². The number of hydrogen-bond acceptors (Lipinski definition) is 3. The lowest BCUT2D eigenvalue weighted by Gasteiger charge is -2.38. The molecule has 0 aromatic carbocycles. The maximum Gasteiger partial charge on any atom is 0.0718 e. The summed E-state index contributed by atoms with van der Waals surface area (Å²) in [7, 11) is 0. The Bertz CT molecular complexity index is 155. The van der Waals surface area contributed by atoms with E-state index in [1.807, 2.05) is 13.8 Å². The number of rotatable bonds is 2. The van der Waals surface area contributed by atoms with Crippen LogP contribution in [0.4, 0.5) is 0 Å². The van der Waals surface area contributed by atoms with Crippen LogP contribution in [0.2, 0.25) is 0 Å². The molecule has 78 valence electrons. The molecule has 3 nitrogen and oxygen atoms in total. The maximum atomic E-state index is 9.66.